The molecule has 3 rings (SSSR count). The second-order valence-electron chi connectivity index (χ2n) is 5.39. The lowest BCUT2D eigenvalue weighted by atomic mass is 10.2. The van der Waals surface area contributed by atoms with Crippen molar-refractivity contribution in [3.8, 4) is 11.3 Å². The van der Waals surface area contributed by atoms with E-state index in [1.807, 2.05) is 25.4 Å². The number of rotatable bonds is 5. The zero-order valence-electron chi connectivity index (χ0n) is 12.4. The third-order valence-electron chi connectivity index (χ3n) is 3.69. The van der Waals surface area contributed by atoms with Gasteiger partial charge in [0, 0.05) is 44.6 Å². The number of pyridine rings is 1. The van der Waals surface area contributed by atoms with E-state index in [0.29, 0.717) is 13.1 Å². The fourth-order valence-corrected chi connectivity index (χ4v) is 3.72. The van der Waals surface area contributed by atoms with Crippen LogP contribution in [0.15, 0.2) is 30.7 Å². The predicted molar refractivity (Wildman–Crippen MR) is 83.0 cm³/mol. The summed E-state index contributed by atoms with van der Waals surface area (Å²) in [5.41, 5.74) is 2.58. The third-order valence-corrected chi connectivity index (χ3v) is 5.24. The normalized spacial score (nSPS) is 16.2. The summed E-state index contributed by atoms with van der Waals surface area (Å²) in [4.78, 5) is 4.36. The van der Waals surface area contributed by atoms with Crippen LogP contribution < -0.4 is 4.72 Å². The molecule has 0 radical (unpaired) electrons. The maximum Gasteiger partial charge on any atom is 0.279 e. The van der Waals surface area contributed by atoms with Gasteiger partial charge in [0.15, 0.2) is 0 Å². The summed E-state index contributed by atoms with van der Waals surface area (Å²) in [6, 6.07) is 3.75. The Morgan fingerprint density at radius 3 is 2.59 bits per heavy atom. The molecule has 22 heavy (non-hydrogen) atoms. The van der Waals surface area contributed by atoms with Gasteiger partial charge < -0.3 is 0 Å². The van der Waals surface area contributed by atoms with Crippen molar-refractivity contribution in [1.82, 2.24) is 23.8 Å². The molecule has 1 aliphatic heterocycles. The van der Waals surface area contributed by atoms with Gasteiger partial charge in [-0.3, -0.25) is 9.67 Å². The van der Waals surface area contributed by atoms with Gasteiger partial charge in [-0.25, -0.2) is 0 Å². The van der Waals surface area contributed by atoms with Gasteiger partial charge in [0.05, 0.1) is 11.9 Å². The second kappa shape index (κ2) is 6.15. The van der Waals surface area contributed by atoms with E-state index in [1.165, 1.54) is 4.31 Å². The molecule has 0 aliphatic carbocycles. The summed E-state index contributed by atoms with van der Waals surface area (Å²) >= 11 is 0. The average molecular weight is 321 g/mol. The highest BCUT2D eigenvalue weighted by molar-refractivity contribution is 7.87. The molecule has 1 fully saturated rings. The summed E-state index contributed by atoms with van der Waals surface area (Å²) < 4.78 is 30.0. The predicted octanol–water partition coefficient (Wildman–Crippen LogP) is 0.912. The van der Waals surface area contributed by atoms with Gasteiger partial charge in [0.1, 0.15) is 0 Å². The summed E-state index contributed by atoms with van der Waals surface area (Å²) in [5, 5.41) is 4.11. The number of hydrogen-bond acceptors (Lipinski definition) is 4. The van der Waals surface area contributed by atoms with Crippen molar-refractivity contribution in [3.63, 3.8) is 0 Å². The van der Waals surface area contributed by atoms with E-state index >= 15 is 0 Å². The number of hydrogen-bond donors (Lipinski definition) is 1. The molecule has 0 unspecified atom stereocenters. The van der Waals surface area contributed by atoms with Gasteiger partial charge in [-0.2, -0.15) is 22.5 Å². The van der Waals surface area contributed by atoms with Crippen molar-refractivity contribution in [3.05, 3.63) is 36.3 Å². The summed E-state index contributed by atoms with van der Waals surface area (Å²) in [6.07, 6.45) is 7.19. The molecular weight excluding hydrogens is 302 g/mol. The molecule has 1 N–H and O–H groups in total. The minimum Gasteiger partial charge on any atom is -0.275 e. The Kier molecular flexibility index (Phi) is 4.23. The van der Waals surface area contributed by atoms with E-state index in [0.717, 1.165) is 29.7 Å². The van der Waals surface area contributed by atoms with Gasteiger partial charge in [-0.1, -0.05) is 6.07 Å². The van der Waals surface area contributed by atoms with E-state index in [2.05, 4.69) is 14.8 Å². The van der Waals surface area contributed by atoms with Crippen molar-refractivity contribution < 1.29 is 8.42 Å². The maximum absolute atomic E-state index is 12.1. The Hall–Kier alpha value is -1.77. The van der Waals surface area contributed by atoms with Crippen molar-refractivity contribution >= 4 is 10.2 Å². The highest BCUT2D eigenvalue weighted by Crippen LogP contribution is 2.16. The van der Waals surface area contributed by atoms with Gasteiger partial charge in [-0.05, 0) is 24.5 Å². The Labute approximate surface area is 130 Å². The van der Waals surface area contributed by atoms with Crippen molar-refractivity contribution in [2.24, 2.45) is 7.05 Å². The van der Waals surface area contributed by atoms with Crippen molar-refractivity contribution in [2.75, 3.05) is 13.1 Å². The molecule has 1 aliphatic rings. The molecule has 3 heterocycles. The molecule has 0 saturated carbocycles. The lowest BCUT2D eigenvalue weighted by molar-refractivity contribution is 0.464. The highest BCUT2D eigenvalue weighted by atomic mass is 32.2. The Bertz CT molecular complexity index is 733. The fourth-order valence-electron chi connectivity index (χ4n) is 2.45. The van der Waals surface area contributed by atoms with E-state index in [-0.39, 0.29) is 6.54 Å². The number of aromatic nitrogens is 3. The van der Waals surface area contributed by atoms with E-state index < -0.39 is 10.2 Å². The van der Waals surface area contributed by atoms with Crippen LogP contribution in [-0.2, 0) is 23.8 Å². The van der Waals surface area contributed by atoms with Crippen LogP contribution in [0.3, 0.4) is 0 Å². The highest BCUT2D eigenvalue weighted by Gasteiger charge is 2.24. The standard InChI is InChI=1S/C14H19N5O2S/c1-18-11-13(10-16-18)14-5-4-12(8-15-14)9-17-22(20,21)19-6-2-3-7-19/h4-5,8,10-11,17H,2-3,6-7,9H2,1H3. The van der Waals surface area contributed by atoms with Crippen LogP contribution in [0.5, 0.6) is 0 Å². The van der Waals surface area contributed by atoms with Gasteiger partial charge in [-0.15, -0.1) is 0 Å². The minimum absolute atomic E-state index is 0.249. The fraction of sp³-hybridized carbons (Fsp3) is 0.429. The first-order valence-corrected chi connectivity index (χ1v) is 8.67. The van der Waals surface area contributed by atoms with Crippen LogP contribution in [0.25, 0.3) is 11.3 Å². The first-order chi connectivity index (χ1) is 10.5. The SMILES string of the molecule is Cn1cc(-c2ccc(CNS(=O)(=O)N3CCCC3)cn2)cn1. The quantitative estimate of drug-likeness (QED) is 0.888. The van der Waals surface area contributed by atoms with Crippen LogP contribution in [0, 0.1) is 0 Å². The monoisotopic (exact) mass is 321 g/mol. The van der Waals surface area contributed by atoms with Crippen LogP contribution in [-0.4, -0.2) is 40.6 Å². The molecule has 118 valence electrons. The van der Waals surface area contributed by atoms with Gasteiger partial charge in [0.25, 0.3) is 10.2 Å². The van der Waals surface area contributed by atoms with Gasteiger partial charge in [0.2, 0.25) is 0 Å². The molecule has 0 atom stereocenters. The molecule has 7 nitrogen and oxygen atoms in total. The largest absolute Gasteiger partial charge is 0.279 e. The van der Waals surface area contributed by atoms with E-state index in [1.54, 1.807) is 17.1 Å². The first-order valence-electron chi connectivity index (χ1n) is 7.23. The summed E-state index contributed by atoms with van der Waals surface area (Å²) in [6.45, 7) is 1.46. The molecule has 2 aromatic rings. The molecule has 0 aromatic carbocycles. The van der Waals surface area contributed by atoms with Crippen LogP contribution in [0.1, 0.15) is 18.4 Å². The molecule has 0 spiro atoms. The Morgan fingerprint density at radius 2 is 2.00 bits per heavy atom. The Balaban J connectivity index is 1.64. The minimum atomic E-state index is -3.37. The number of nitrogens with zero attached hydrogens (tertiary/aromatic N) is 4. The number of nitrogens with one attached hydrogen (secondary N) is 1. The lowest BCUT2D eigenvalue weighted by Gasteiger charge is -2.15. The Morgan fingerprint density at radius 1 is 1.23 bits per heavy atom. The lowest BCUT2D eigenvalue weighted by Crippen LogP contribution is -2.38. The van der Waals surface area contributed by atoms with Crippen LogP contribution in [0.4, 0.5) is 0 Å². The molecule has 0 bridgehead atoms. The average Bonchev–Trinajstić information content (AvgIpc) is 3.17. The second-order valence-corrected chi connectivity index (χ2v) is 7.14. The molecule has 2 aromatic heterocycles. The van der Waals surface area contributed by atoms with Crippen LogP contribution >= 0.6 is 0 Å². The van der Waals surface area contributed by atoms with Crippen molar-refractivity contribution in [1.29, 1.82) is 0 Å². The van der Waals surface area contributed by atoms with Gasteiger partial charge >= 0.3 is 0 Å². The molecule has 0 amide bonds. The molecule has 8 heteroatoms. The molecule has 1 saturated heterocycles. The molecular formula is C14H19N5O2S. The third kappa shape index (κ3) is 3.34. The first kappa shape index (κ1) is 15.1. The van der Waals surface area contributed by atoms with Crippen LogP contribution in [0.2, 0.25) is 0 Å². The topological polar surface area (TPSA) is 80.1 Å². The van der Waals surface area contributed by atoms with Crippen molar-refractivity contribution in [2.45, 2.75) is 19.4 Å². The number of aryl methyl sites for hydroxylation is 1. The summed E-state index contributed by atoms with van der Waals surface area (Å²) in [7, 11) is -1.52. The summed E-state index contributed by atoms with van der Waals surface area (Å²) in [5.74, 6) is 0. The zero-order chi connectivity index (χ0) is 15.6. The smallest absolute Gasteiger partial charge is 0.275 e. The van der Waals surface area contributed by atoms with E-state index in [4.69, 9.17) is 0 Å². The van der Waals surface area contributed by atoms with E-state index in [9.17, 15) is 8.42 Å². The maximum atomic E-state index is 12.1. The zero-order valence-corrected chi connectivity index (χ0v) is 13.3.